The maximum absolute atomic E-state index is 10.7. The molecule has 1 heterocycles. The van der Waals surface area contributed by atoms with Crippen LogP contribution in [-0.4, -0.2) is 16.1 Å². The lowest BCUT2D eigenvalue weighted by atomic mass is 10.2. The van der Waals surface area contributed by atoms with E-state index < -0.39 is 5.97 Å². The Morgan fingerprint density at radius 2 is 2.16 bits per heavy atom. The summed E-state index contributed by atoms with van der Waals surface area (Å²) >= 11 is 3.35. The topological polar surface area (TPSA) is 86.0 Å². The number of carboxylic acids is 1. The summed E-state index contributed by atoms with van der Waals surface area (Å²) < 4.78 is 0.744. The third kappa shape index (κ3) is 3.09. The van der Waals surface area contributed by atoms with E-state index in [0.29, 0.717) is 11.3 Å². The first-order chi connectivity index (χ1) is 9.10. The van der Waals surface area contributed by atoms with Crippen LogP contribution in [0, 0.1) is 11.3 Å². The van der Waals surface area contributed by atoms with E-state index in [1.54, 1.807) is 24.3 Å². The number of hydrogen-bond donors (Lipinski definition) is 2. The second kappa shape index (κ2) is 5.50. The van der Waals surface area contributed by atoms with Gasteiger partial charge in [-0.2, -0.15) is 5.26 Å². The average Bonchev–Trinajstić information content (AvgIpc) is 2.41. The predicted molar refractivity (Wildman–Crippen MR) is 73.3 cm³/mol. The summed E-state index contributed by atoms with van der Waals surface area (Å²) in [5.74, 6) is -1.06. The molecule has 0 unspecified atom stereocenters. The molecular formula is C13H8BrN3O2. The molecule has 0 aliphatic rings. The summed E-state index contributed by atoms with van der Waals surface area (Å²) in [6.45, 7) is 0. The van der Waals surface area contributed by atoms with Gasteiger partial charge in [-0.1, -0.05) is 0 Å². The van der Waals surface area contributed by atoms with Gasteiger partial charge in [-0.05, 0) is 46.3 Å². The Labute approximate surface area is 117 Å². The average molecular weight is 318 g/mol. The Morgan fingerprint density at radius 1 is 1.37 bits per heavy atom. The number of carboxylic acid groups (broad SMARTS) is 1. The molecule has 2 rings (SSSR count). The van der Waals surface area contributed by atoms with Gasteiger partial charge < -0.3 is 10.4 Å². The fraction of sp³-hybridized carbons (Fsp3) is 0. The number of nitriles is 1. The molecule has 0 amide bonds. The normalized spacial score (nSPS) is 9.68. The van der Waals surface area contributed by atoms with Crippen molar-refractivity contribution in [2.24, 2.45) is 0 Å². The number of rotatable bonds is 3. The van der Waals surface area contributed by atoms with Crippen molar-refractivity contribution in [2.45, 2.75) is 0 Å². The number of nitrogens with zero attached hydrogens (tertiary/aromatic N) is 2. The van der Waals surface area contributed by atoms with E-state index >= 15 is 0 Å². The molecular weight excluding hydrogens is 310 g/mol. The van der Waals surface area contributed by atoms with E-state index in [-0.39, 0.29) is 5.69 Å². The van der Waals surface area contributed by atoms with Crippen LogP contribution in [0.25, 0.3) is 0 Å². The second-order valence-electron chi connectivity index (χ2n) is 3.67. The van der Waals surface area contributed by atoms with Gasteiger partial charge in [0.15, 0.2) is 0 Å². The molecule has 6 heteroatoms. The molecule has 2 N–H and O–H groups in total. The number of pyridine rings is 1. The smallest absolute Gasteiger partial charge is 0.354 e. The molecule has 0 radical (unpaired) electrons. The van der Waals surface area contributed by atoms with E-state index in [0.717, 1.165) is 10.2 Å². The Bertz CT molecular complexity index is 663. The lowest BCUT2D eigenvalue weighted by molar-refractivity contribution is 0.0690. The largest absolute Gasteiger partial charge is 0.477 e. The monoisotopic (exact) mass is 317 g/mol. The third-order valence-corrected chi connectivity index (χ3v) is 3.02. The summed E-state index contributed by atoms with van der Waals surface area (Å²) in [6, 6.07) is 10.2. The molecule has 2 aromatic rings. The Morgan fingerprint density at radius 3 is 2.68 bits per heavy atom. The highest BCUT2D eigenvalue weighted by molar-refractivity contribution is 9.10. The Balaban J connectivity index is 2.22. The molecule has 0 fully saturated rings. The summed E-state index contributed by atoms with van der Waals surface area (Å²) in [4.78, 5) is 14.5. The van der Waals surface area contributed by atoms with Crippen LogP contribution in [0.4, 0.5) is 11.4 Å². The number of carbonyl (C=O) groups is 1. The van der Waals surface area contributed by atoms with E-state index in [1.165, 1.54) is 12.3 Å². The molecule has 5 nitrogen and oxygen atoms in total. The second-order valence-corrected chi connectivity index (χ2v) is 4.52. The lowest BCUT2D eigenvalue weighted by Crippen LogP contribution is -2.00. The van der Waals surface area contributed by atoms with Gasteiger partial charge in [0.25, 0.3) is 0 Å². The van der Waals surface area contributed by atoms with Crippen molar-refractivity contribution in [2.75, 3.05) is 5.32 Å². The highest BCUT2D eigenvalue weighted by Crippen LogP contribution is 2.26. The van der Waals surface area contributed by atoms with Crippen LogP contribution >= 0.6 is 15.9 Å². The summed E-state index contributed by atoms with van der Waals surface area (Å²) in [6.07, 6.45) is 1.44. The zero-order valence-electron chi connectivity index (χ0n) is 9.59. The van der Waals surface area contributed by atoms with Crippen LogP contribution in [0.2, 0.25) is 0 Å². The number of hydrogen-bond acceptors (Lipinski definition) is 4. The zero-order chi connectivity index (χ0) is 13.8. The molecule has 19 heavy (non-hydrogen) atoms. The number of aromatic nitrogens is 1. The van der Waals surface area contributed by atoms with E-state index in [4.69, 9.17) is 10.4 Å². The maximum atomic E-state index is 10.7. The van der Waals surface area contributed by atoms with Gasteiger partial charge in [0.2, 0.25) is 0 Å². The minimum Gasteiger partial charge on any atom is -0.477 e. The van der Waals surface area contributed by atoms with Crippen LogP contribution < -0.4 is 5.32 Å². The molecule has 0 aliphatic carbocycles. The van der Waals surface area contributed by atoms with Gasteiger partial charge >= 0.3 is 5.97 Å². The number of nitrogens with one attached hydrogen (secondary N) is 1. The molecule has 0 bridgehead atoms. The van der Waals surface area contributed by atoms with Gasteiger partial charge in [0, 0.05) is 4.47 Å². The first-order valence-corrected chi connectivity index (χ1v) is 6.05. The summed E-state index contributed by atoms with van der Waals surface area (Å²) in [5, 5.41) is 20.6. The first-order valence-electron chi connectivity index (χ1n) is 5.26. The van der Waals surface area contributed by atoms with Gasteiger partial charge in [-0.3, -0.25) is 0 Å². The van der Waals surface area contributed by atoms with Crippen LogP contribution in [0.15, 0.2) is 41.0 Å². The molecule has 0 spiro atoms. The molecule has 1 aromatic carbocycles. The van der Waals surface area contributed by atoms with Gasteiger partial charge in [0.1, 0.15) is 5.69 Å². The number of halogens is 1. The molecule has 0 saturated heterocycles. The third-order valence-electron chi connectivity index (χ3n) is 2.36. The SMILES string of the molecule is N#Cc1ccc(Nc2ccc(C(=O)O)nc2)c(Br)c1. The lowest BCUT2D eigenvalue weighted by Gasteiger charge is -2.08. The van der Waals surface area contributed by atoms with Crippen molar-refractivity contribution in [1.29, 1.82) is 5.26 Å². The quantitative estimate of drug-likeness (QED) is 0.908. The van der Waals surface area contributed by atoms with Crippen molar-refractivity contribution in [3.8, 4) is 6.07 Å². The summed E-state index contributed by atoms with van der Waals surface area (Å²) in [5.41, 5.74) is 1.97. The van der Waals surface area contributed by atoms with Gasteiger partial charge in [-0.25, -0.2) is 9.78 Å². The molecule has 0 atom stereocenters. The van der Waals surface area contributed by atoms with Crippen LogP contribution in [-0.2, 0) is 0 Å². The van der Waals surface area contributed by atoms with E-state index in [1.807, 2.05) is 6.07 Å². The Hall–Kier alpha value is -2.39. The van der Waals surface area contributed by atoms with Gasteiger partial charge in [0.05, 0.1) is 29.2 Å². The van der Waals surface area contributed by atoms with Crippen LogP contribution in [0.5, 0.6) is 0 Å². The van der Waals surface area contributed by atoms with Crippen LogP contribution in [0.1, 0.15) is 16.1 Å². The first kappa shape index (κ1) is 13.1. The summed E-state index contributed by atoms with van der Waals surface area (Å²) in [7, 11) is 0. The fourth-order valence-electron chi connectivity index (χ4n) is 1.44. The van der Waals surface area contributed by atoms with E-state index in [2.05, 4.69) is 26.2 Å². The maximum Gasteiger partial charge on any atom is 0.354 e. The molecule has 0 aliphatic heterocycles. The Kier molecular flexibility index (Phi) is 3.78. The minimum atomic E-state index is -1.06. The molecule has 1 aromatic heterocycles. The van der Waals surface area contributed by atoms with E-state index in [9.17, 15) is 4.79 Å². The van der Waals surface area contributed by atoms with Gasteiger partial charge in [-0.15, -0.1) is 0 Å². The fourth-order valence-corrected chi connectivity index (χ4v) is 1.91. The van der Waals surface area contributed by atoms with Crippen LogP contribution in [0.3, 0.4) is 0 Å². The van der Waals surface area contributed by atoms with Crippen molar-refractivity contribution in [3.05, 3.63) is 52.3 Å². The zero-order valence-corrected chi connectivity index (χ0v) is 11.2. The van der Waals surface area contributed by atoms with Crippen molar-refractivity contribution < 1.29 is 9.90 Å². The van der Waals surface area contributed by atoms with Crippen molar-refractivity contribution >= 4 is 33.3 Å². The predicted octanol–water partition coefficient (Wildman–Crippen LogP) is 3.16. The highest BCUT2D eigenvalue weighted by Gasteiger charge is 2.05. The molecule has 94 valence electrons. The molecule has 0 saturated carbocycles. The number of benzene rings is 1. The minimum absolute atomic E-state index is 0.00977. The number of anilines is 2. The highest BCUT2D eigenvalue weighted by atomic mass is 79.9. The standard InChI is InChI=1S/C13H8BrN3O2/c14-10-5-8(6-15)1-3-11(10)17-9-2-4-12(13(18)19)16-7-9/h1-5,7,17H,(H,18,19). The van der Waals surface area contributed by atoms with Crippen molar-refractivity contribution in [3.63, 3.8) is 0 Å². The number of aromatic carboxylic acids is 1. The van der Waals surface area contributed by atoms with Crippen molar-refractivity contribution in [1.82, 2.24) is 4.98 Å².